The van der Waals surface area contributed by atoms with Crippen LogP contribution in [0.2, 0.25) is 0 Å². The maximum atomic E-state index is 13.2. The third-order valence-electron chi connectivity index (χ3n) is 3.16. The fourth-order valence-corrected chi connectivity index (χ4v) is 2.07. The Bertz CT molecular complexity index is 395. The molecule has 0 aliphatic heterocycles. The Hall–Kier alpha value is -1.29. The van der Waals surface area contributed by atoms with Crippen molar-refractivity contribution in [3.05, 3.63) is 47.8 Å². The molecule has 0 saturated heterocycles. The molecule has 0 fully saturated rings. The molecular weight excluding hydrogens is 251 g/mol. The standard InChI is InChI=1S/C15H20F3N/c1-3-4-5-6-7-8-14(19-2)11-9-12(16)15(18)13(17)10-11/h3,9-10,14,19H,1,4-8H2,2H3. The molecule has 1 N–H and O–H groups in total. The van der Waals surface area contributed by atoms with E-state index in [1.165, 1.54) is 0 Å². The highest BCUT2D eigenvalue weighted by atomic mass is 19.2. The van der Waals surface area contributed by atoms with Crippen molar-refractivity contribution in [3.8, 4) is 0 Å². The van der Waals surface area contributed by atoms with Gasteiger partial charge in [0.2, 0.25) is 0 Å². The van der Waals surface area contributed by atoms with Crippen molar-refractivity contribution in [2.24, 2.45) is 0 Å². The maximum absolute atomic E-state index is 13.2. The van der Waals surface area contributed by atoms with Crippen LogP contribution in [0.4, 0.5) is 13.2 Å². The van der Waals surface area contributed by atoms with Gasteiger partial charge in [-0.3, -0.25) is 0 Å². The van der Waals surface area contributed by atoms with Gasteiger partial charge in [0.05, 0.1) is 0 Å². The Kier molecular flexibility index (Phi) is 6.64. The van der Waals surface area contributed by atoms with Crippen molar-refractivity contribution >= 4 is 0 Å². The molecule has 0 aromatic heterocycles. The van der Waals surface area contributed by atoms with Gasteiger partial charge in [0.1, 0.15) is 0 Å². The number of hydrogen-bond donors (Lipinski definition) is 1. The van der Waals surface area contributed by atoms with Gasteiger partial charge >= 0.3 is 0 Å². The van der Waals surface area contributed by atoms with Crippen molar-refractivity contribution in [1.29, 1.82) is 0 Å². The molecule has 4 heteroatoms. The van der Waals surface area contributed by atoms with Crippen LogP contribution in [0.1, 0.15) is 43.7 Å². The van der Waals surface area contributed by atoms with Crippen LogP contribution in [0.15, 0.2) is 24.8 Å². The number of nitrogens with one attached hydrogen (secondary N) is 1. The molecule has 1 aromatic rings. The Morgan fingerprint density at radius 2 is 1.79 bits per heavy atom. The quantitative estimate of drug-likeness (QED) is 0.417. The van der Waals surface area contributed by atoms with Crippen LogP contribution in [0.3, 0.4) is 0 Å². The van der Waals surface area contributed by atoms with Crippen molar-refractivity contribution in [1.82, 2.24) is 5.32 Å². The summed E-state index contributed by atoms with van der Waals surface area (Å²) in [5.41, 5.74) is 0.447. The smallest absolute Gasteiger partial charge is 0.194 e. The lowest BCUT2D eigenvalue weighted by molar-refractivity contribution is 0.437. The normalized spacial score (nSPS) is 12.4. The van der Waals surface area contributed by atoms with Crippen LogP contribution < -0.4 is 5.32 Å². The number of rotatable bonds is 8. The predicted octanol–water partition coefficient (Wildman–Crippen LogP) is 4.50. The van der Waals surface area contributed by atoms with Crippen molar-refractivity contribution in [2.75, 3.05) is 7.05 Å². The average molecular weight is 271 g/mol. The van der Waals surface area contributed by atoms with Gasteiger partial charge in [0, 0.05) is 6.04 Å². The van der Waals surface area contributed by atoms with E-state index in [0.29, 0.717) is 5.56 Å². The molecule has 1 rings (SSSR count). The van der Waals surface area contributed by atoms with Crippen molar-refractivity contribution < 1.29 is 13.2 Å². The zero-order valence-corrected chi connectivity index (χ0v) is 11.2. The molecule has 19 heavy (non-hydrogen) atoms. The number of allylic oxidation sites excluding steroid dienone is 1. The van der Waals surface area contributed by atoms with Gasteiger partial charge < -0.3 is 5.32 Å². The summed E-state index contributed by atoms with van der Waals surface area (Å²) in [6.45, 7) is 3.65. The number of halogens is 3. The van der Waals surface area contributed by atoms with Gasteiger partial charge in [0.15, 0.2) is 17.5 Å². The molecule has 1 unspecified atom stereocenters. The summed E-state index contributed by atoms with van der Waals surface area (Å²) in [7, 11) is 1.73. The van der Waals surface area contributed by atoms with Gasteiger partial charge in [-0.05, 0) is 44.0 Å². The molecule has 0 aliphatic carbocycles. The molecule has 1 aromatic carbocycles. The molecule has 0 amide bonds. The summed E-state index contributed by atoms with van der Waals surface area (Å²) in [6, 6.07) is 1.96. The molecule has 1 atom stereocenters. The Labute approximate surface area is 112 Å². The van der Waals surface area contributed by atoms with Crippen LogP contribution in [0, 0.1) is 17.5 Å². The highest BCUT2D eigenvalue weighted by Crippen LogP contribution is 2.23. The molecular formula is C15H20F3N. The zero-order chi connectivity index (χ0) is 14.3. The van der Waals surface area contributed by atoms with Crippen LogP contribution in [-0.4, -0.2) is 7.05 Å². The van der Waals surface area contributed by atoms with Crippen molar-refractivity contribution in [2.45, 2.75) is 38.1 Å². The summed E-state index contributed by atoms with van der Waals surface area (Å²) in [5.74, 6) is -3.69. The lowest BCUT2D eigenvalue weighted by Gasteiger charge is -2.17. The third kappa shape index (κ3) is 4.71. The van der Waals surface area contributed by atoms with E-state index >= 15 is 0 Å². The summed E-state index contributed by atoms with van der Waals surface area (Å²) >= 11 is 0. The van der Waals surface area contributed by atoms with E-state index in [0.717, 1.165) is 44.2 Å². The fourth-order valence-electron chi connectivity index (χ4n) is 2.07. The van der Waals surface area contributed by atoms with Gasteiger partial charge in [-0.15, -0.1) is 6.58 Å². The first-order valence-electron chi connectivity index (χ1n) is 6.52. The fraction of sp³-hybridized carbons (Fsp3) is 0.467. The Balaban J connectivity index is 2.61. The maximum Gasteiger partial charge on any atom is 0.194 e. The van der Waals surface area contributed by atoms with E-state index in [2.05, 4.69) is 11.9 Å². The van der Waals surface area contributed by atoms with E-state index in [-0.39, 0.29) is 6.04 Å². The summed E-state index contributed by atoms with van der Waals surface area (Å²) in [5, 5.41) is 3.01. The number of hydrogen-bond acceptors (Lipinski definition) is 1. The molecule has 0 spiro atoms. The zero-order valence-electron chi connectivity index (χ0n) is 11.2. The summed E-state index contributed by atoms with van der Waals surface area (Å²) < 4.78 is 39.2. The molecule has 0 aliphatic rings. The topological polar surface area (TPSA) is 12.0 Å². The van der Waals surface area contributed by atoms with E-state index < -0.39 is 17.5 Å². The minimum absolute atomic E-state index is 0.159. The highest BCUT2D eigenvalue weighted by molar-refractivity contribution is 5.22. The summed E-state index contributed by atoms with van der Waals surface area (Å²) in [6.07, 6.45) is 6.66. The second kappa shape index (κ2) is 8.00. The van der Waals surface area contributed by atoms with Crippen LogP contribution in [0.25, 0.3) is 0 Å². The second-order valence-electron chi connectivity index (χ2n) is 4.57. The van der Waals surface area contributed by atoms with E-state index in [1.54, 1.807) is 7.05 Å². The van der Waals surface area contributed by atoms with Crippen molar-refractivity contribution in [3.63, 3.8) is 0 Å². The molecule has 0 heterocycles. The lowest BCUT2D eigenvalue weighted by atomic mass is 9.99. The Morgan fingerprint density at radius 1 is 1.16 bits per heavy atom. The van der Waals surface area contributed by atoms with Crippen LogP contribution >= 0.6 is 0 Å². The monoisotopic (exact) mass is 271 g/mol. The predicted molar refractivity (Wildman–Crippen MR) is 71.4 cm³/mol. The average Bonchev–Trinajstić information content (AvgIpc) is 2.39. The largest absolute Gasteiger partial charge is 0.313 e. The molecule has 0 saturated carbocycles. The molecule has 1 nitrogen and oxygen atoms in total. The van der Waals surface area contributed by atoms with Gasteiger partial charge in [-0.1, -0.05) is 18.9 Å². The first-order chi connectivity index (χ1) is 9.10. The molecule has 106 valence electrons. The summed E-state index contributed by atoms with van der Waals surface area (Å²) in [4.78, 5) is 0. The van der Waals surface area contributed by atoms with E-state index in [9.17, 15) is 13.2 Å². The first-order valence-corrected chi connectivity index (χ1v) is 6.52. The first kappa shape index (κ1) is 15.8. The van der Waals surface area contributed by atoms with Gasteiger partial charge in [-0.25, -0.2) is 13.2 Å². The Morgan fingerprint density at radius 3 is 2.32 bits per heavy atom. The SMILES string of the molecule is C=CCCCCCC(NC)c1cc(F)c(F)c(F)c1. The highest BCUT2D eigenvalue weighted by Gasteiger charge is 2.15. The minimum atomic E-state index is -1.41. The van der Waals surface area contributed by atoms with Gasteiger partial charge in [0.25, 0.3) is 0 Å². The third-order valence-corrected chi connectivity index (χ3v) is 3.16. The van der Waals surface area contributed by atoms with E-state index in [1.807, 2.05) is 6.08 Å². The van der Waals surface area contributed by atoms with Crippen LogP contribution in [0.5, 0.6) is 0 Å². The minimum Gasteiger partial charge on any atom is -0.313 e. The number of unbranched alkanes of at least 4 members (excludes halogenated alkanes) is 3. The second-order valence-corrected chi connectivity index (χ2v) is 4.57. The van der Waals surface area contributed by atoms with E-state index in [4.69, 9.17) is 0 Å². The van der Waals surface area contributed by atoms with Crippen LogP contribution in [-0.2, 0) is 0 Å². The number of benzene rings is 1. The molecule has 0 radical (unpaired) electrons. The lowest BCUT2D eigenvalue weighted by Crippen LogP contribution is -2.17. The molecule has 0 bridgehead atoms. The van der Waals surface area contributed by atoms with Gasteiger partial charge in [-0.2, -0.15) is 0 Å².